The normalized spacial score (nSPS) is 20.9. The molecule has 0 bridgehead atoms. The van der Waals surface area contributed by atoms with Gasteiger partial charge >= 0.3 is 0 Å². The summed E-state index contributed by atoms with van der Waals surface area (Å²) in [5.41, 5.74) is 9.64. The van der Waals surface area contributed by atoms with Crippen molar-refractivity contribution < 1.29 is 14.6 Å². The average molecular weight is 351 g/mol. The second kappa shape index (κ2) is 7.67. The van der Waals surface area contributed by atoms with Gasteiger partial charge in [-0.05, 0) is 22.8 Å². The lowest BCUT2D eigenvalue weighted by atomic mass is 9.81. The van der Waals surface area contributed by atoms with Crippen molar-refractivity contribution in [2.45, 2.75) is 18.6 Å². The fourth-order valence-electron chi connectivity index (χ4n) is 3.29. The Balaban J connectivity index is 2.18. The lowest BCUT2D eigenvalue weighted by Gasteiger charge is -2.34. The van der Waals surface area contributed by atoms with Crippen LogP contribution in [0.1, 0.15) is 12.0 Å². The highest BCUT2D eigenvalue weighted by Crippen LogP contribution is 2.41. The van der Waals surface area contributed by atoms with Gasteiger partial charge < -0.3 is 20.5 Å². The minimum atomic E-state index is -0.618. The van der Waals surface area contributed by atoms with E-state index in [0.29, 0.717) is 5.70 Å². The van der Waals surface area contributed by atoms with Gasteiger partial charge in [0.05, 0.1) is 6.61 Å². The largest absolute Gasteiger partial charge is 0.395 e. The molecule has 0 saturated heterocycles. The molecule has 1 aliphatic carbocycles. The number of methoxy groups -OCH3 is 1. The number of rotatable bonds is 5. The maximum Gasteiger partial charge on any atom is 0.169 e. The van der Waals surface area contributed by atoms with Gasteiger partial charge in [0.1, 0.15) is 17.9 Å². The molecule has 6 heteroatoms. The van der Waals surface area contributed by atoms with E-state index in [-0.39, 0.29) is 25.4 Å². The number of aliphatic hydroxyl groups excluding tert-OH is 1. The van der Waals surface area contributed by atoms with Gasteiger partial charge in [0.15, 0.2) is 5.78 Å². The van der Waals surface area contributed by atoms with Crippen LogP contribution in [0.3, 0.4) is 0 Å². The fraction of sp³-hybridized carbons (Fsp3) is 0.300. The predicted octanol–water partition coefficient (Wildman–Crippen LogP) is 1.35. The van der Waals surface area contributed by atoms with Crippen molar-refractivity contribution in [2.24, 2.45) is 5.73 Å². The van der Waals surface area contributed by atoms with Crippen molar-refractivity contribution in [3.05, 3.63) is 65.0 Å². The number of nitrogens with two attached hydrogens (primary N) is 1. The van der Waals surface area contributed by atoms with Crippen LogP contribution in [0.15, 0.2) is 59.5 Å². The first-order chi connectivity index (χ1) is 12.6. The summed E-state index contributed by atoms with van der Waals surface area (Å²) in [5.74, 6) is -0.0262. The molecule has 1 aromatic carbocycles. The number of carbonyl (C=O) groups excluding carboxylic acids is 1. The summed E-state index contributed by atoms with van der Waals surface area (Å²) in [6.45, 7) is 0.0980. The zero-order chi connectivity index (χ0) is 18.7. The van der Waals surface area contributed by atoms with Crippen LogP contribution in [-0.4, -0.2) is 48.2 Å². The summed E-state index contributed by atoms with van der Waals surface area (Å²) in [4.78, 5) is 14.0. The summed E-state index contributed by atoms with van der Waals surface area (Å²) >= 11 is 0. The number of nitriles is 1. The van der Waals surface area contributed by atoms with Gasteiger partial charge in [-0.1, -0.05) is 30.3 Å². The highest BCUT2D eigenvalue weighted by atomic mass is 16.5. The van der Waals surface area contributed by atoms with Crippen LogP contribution in [-0.2, 0) is 9.53 Å². The van der Waals surface area contributed by atoms with Crippen LogP contribution in [0, 0.1) is 11.3 Å². The van der Waals surface area contributed by atoms with Crippen molar-refractivity contribution in [1.29, 1.82) is 5.26 Å². The molecule has 1 aliphatic heterocycles. The summed E-state index contributed by atoms with van der Waals surface area (Å²) < 4.78 is 5.29. The van der Waals surface area contributed by atoms with E-state index in [1.165, 1.54) is 7.11 Å². The number of fused-ring (bicyclic) bond motifs is 1. The Morgan fingerprint density at radius 1 is 1.42 bits per heavy atom. The molecule has 26 heavy (non-hydrogen) atoms. The van der Waals surface area contributed by atoms with E-state index in [1.807, 2.05) is 30.3 Å². The maximum absolute atomic E-state index is 12.3. The molecule has 0 saturated carbocycles. The van der Waals surface area contributed by atoms with Crippen LogP contribution in [0.4, 0.5) is 0 Å². The second-order valence-electron chi connectivity index (χ2n) is 6.33. The Morgan fingerprint density at radius 2 is 2.15 bits per heavy atom. The third-order valence-corrected chi connectivity index (χ3v) is 4.54. The SMILES string of the molecule is COC1C=C2C(=CN(CC(N)CO)C(C#N)=C2c2ccccc2)CC1=O. The van der Waals surface area contributed by atoms with Crippen molar-refractivity contribution >= 4 is 11.4 Å². The molecule has 2 atom stereocenters. The molecular weight excluding hydrogens is 330 g/mol. The van der Waals surface area contributed by atoms with Gasteiger partial charge in [-0.2, -0.15) is 5.26 Å². The molecular formula is C20H21N3O3. The number of ether oxygens (including phenoxy) is 1. The number of hydrogen-bond acceptors (Lipinski definition) is 6. The Bertz CT molecular complexity index is 834. The van der Waals surface area contributed by atoms with Gasteiger partial charge in [0.2, 0.25) is 0 Å². The molecule has 6 nitrogen and oxygen atoms in total. The monoisotopic (exact) mass is 351 g/mol. The van der Waals surface area contributed by atoms with Crippen molar-refractivity contribution in [2.75, 3.05) is 20.3 Å². The third kappa shape index (κ3) is 3.33. The minimum Gasteiger partial charge on any atom is -0.395 e. The molecule has 2 unspecified atom stereocenters. The van der Waals surface area contributed by atoms with Gasteiger partial charge in [-0.3, -0.25) is 4.79 Å². The maximum atomic E-state index is 12.3. The summed E-state index contributed by atoms with van der Waals surface area (Å²) in [6, 6.07) is 11.3. The fourth-order valence-corrected chi connectivity index (χ4v) is 3.29. The van der Waals surface area contributed by atoms with E-state index < -0.39 is 12.1 Å². The first-order valence-corrected chi connectivity index (χ1v) is 8.40. The highest BCUT2D eigenvalue weighted by Gasteiger charge is 2.33. The zero-order valence-corrected chi connectivity index (χ0v) is 14.6. The average Bonchev–Trinajstić information content (AvgIpc) is 2.67. The first-order valence-electron chi connectivity index (χ1n) is 8.40. The third-order valence-electron chi connectivity index (χ3n) is 4.54. The Morgan fingerprint density at radius 3 is 2.77 bits per heavy atom. The van der Waals surface area contributed by atoms with Crippen LogP contribution in [0.2, 0.25) is 0 Å². The van der Waals surface area contributed by atoms with E-state index >= 15 is 0 Å². The minimum absolute atomic E-state index is 0.0262. The van der Waals surface area contributed by atoms with E-state index in [9.17, 15) is 15.2 Å². The lowest BCUT2D eigenvalue weighted by molar-refractivity contribution is -0.125. The molecule has 3 N–H and O–H groups in total. The Hall–Kier alpha value is -2.72. The smallest absolute Gasteiger partial charge is 0.169 e. The van der Waals surface area contributed by atoms with E-state index in [0.717, 1.165) is 22.3 Å². The van der Waals surface area contributed by atoms with Gasteiger partial charge in [-0.25, -0.2) is 0 Å². The van der Waals surface area contributed by atoms with Gasteiger partial charge in [0.25, 0.3) is 0 Å². The van der Waals surface area contributed by atoms with Crippen molar-refractivity contribution in [3.63, 3.8) is 0 Å². The quantitative estimate of drug-likeness (QED) is 0.831. The number of hydrogen-bond donors (Lipinski definition) is 2. The molecule has 134 valence electrons. The number of ketones is 1. The van der Waals surface area contributed by atoms with E-state index in [1.54, 1.807) is 17.2 Å². The predicted molar refractivity (Wildman–Crippen MR) is 97.3 cm³/mol. The topological polar surface area (TPSA) is 99.6 Å². The van der Waals surface area contributed by atoms with Crippen molar-refractivity contribution in [3.8, 4) is 6.07 Å². The Labute approximate surface area is 152 Å². The molecule has 1 heterocycles. The van der Waals surface area contributed by atoms with E-state index in [2.05, 4.69) is 6.07 Å². The van der Waals surface area contributed by atoms with E-state index in [4.69, 9.17) is 10.5 Å². The van der Waals surface area contributed by atoms with Crippen molar-refractivity contribution in [1.82, 2.24) is 4.90 Å². The molecule has 0 radical (unpaired) electrons. The number of aliphatic hydroxyl groups is 1. The van der Waals surface area contributed by atoms with Gasteiger partial charge in [-0.15, -0.1) is 0 Å². The summed E-state index contributed by atoms with van der Waals surface area (Å²) in [7, 11) is 1.50. The number of benzene rings is 1. The molecule has 0 aromatic heterocycles. The molecule has 2 aliphatic rings. The highest BCUT2D eigenvalue weighted by molar-refractivity contribution is 5.98. The zero-order valence-electron chi connectivity index (χ0n) is 14.6. The Kier molecular flexibility index (Phi) is 5.33. The second-order valence-corrected chi connectivity index (χ2v) is 6.33. The van der Waals surface area contributed by atoms with Crippen LogP contribution in [0.5, 0.6) is 0 Å². The molecule has 0 spiro atoms. The molecule has 0 amide bonds. The number of carbonyl (C=O) groups is 1. The van der Waals surface area contributed by atoms with Crippen LogP contribution >= 0.6 is 0 Å². The number of nitrogens with zero attached hydrogens (tertiary/aromatic N) is 2. The summed E-state index contributed by atoms with van der Waals surface area (Å²) in [5, 5.41) is 19.1. The van der Waals surface area contributed by atoms with Crippen LogP contribution < -0.4 is 5.73 Å². The lowest BCUT2D eigenvalue weighted by Crippen LogP contribution is -2.39. The van der Waals surface area contributed by atoms with Gasteiger partial charge in [0, 0.05) is 37.9 Å². The molecule has 0 fully saturated rings. The number of allylic oxidation sites excluding steroid dienone is 4. The van der Waals surface area contributed by atoms with Crippen LogP contribution in [0.25, 0.3) is 5.57 Å². The summed E-state index contributed by atoms with van der Waals surface area (Å²) in [6.07, 6.45) is 3.17. The first kappa shape index (κ1) is 18.1. The number of Topliss-reactive ketones (excluding diaryl/α,β-unsaturated/α-hetero) is 1. The molecule has 1 aromatic rings. The molecule has 3 rings (SSSR count). The standard InChI is InChI=1S/C20H21N3O3/c1-26-19-8-16-14(7-18(19)25)10-23(11-15(22)12-24)17(9-21)20(16)13-5-3-2-4-6-13/h2-6,8,10,15,19,24H,7,11-12,22H2,1H3.